The fourth-order valence-corrected chi connectivity index (χ4v) is 2.81. The first-order chi connectivity index (χ1) is 14.7. The van der Waals surface area contributed by atoms with Crippen LogP contribution in [0.4, 0.5) is 13.2 Å². The lowest BCUT2D eigenvalue weighted by atomic mass is 10.0. The quantitative estimate of drug-likeness (QED) is 0.269. The molecule has 0 bridgehead atoms. The normalized spacial score (nSPS) is 12.4. The SMILES string of the molecule is CCCCCCC#C/C(=C(\C#CC(C)(C)OCc1ccccc1)CCCC)C(F)(F)F. The van der Waals surface area contributed by atoms with Crippen LogP contribution in [0.1, 0.15) is 84.6 Å². The average molecular weight is 433 g/mol. The number of hydrogen-bond donors (Lipinski definition) is 0. The molecule has 0 fully saturated rings. The smallest absolute Gasteiger partial charge is 0.358 e. The molecule has 0 aliphatic heterocycles. The van der Waals surface area contributed by atoms with Gasteiger partial charge < -0.3 is 4.74 Å². The van der Waals surface area contributed by atoms with Gasteiger partial charge in [-0.3, -0.25) is 0 Å². The highest BCUT2D eigenvalue weighted by Crippen LogP contribution is 2.30. The molecule has 31 heavy (non-hydrogen) atoms. The number of rotatable bonds is 10. The van der Waals surface area contributed by atoms with Crippen molar-refractivity contribution in [3.8, 4) is 23.7 Å². The number of halogens is 3. The van der Waals surface area contributed by atoms with E-state index in [0.29, 0.717) is 19.4 Å². The highest BCUT2D eigenvalue weighted by molar-refractivity contribution is 5.46. The molecule has 1 aromatic carbocycles. The van der Waals surface area contributed by atoms with Crippen molar-refractivity contribution in [2.24, 2.45) is 0 Å². The highest BCUT2D eigenvalue weighted by Gasteiger charge is 2.35. The van der Waals surface area contributed by atoms with E-state index in [1.807, 2.05) is 37.3 Å². The fourth-order valence-electron chi connectivity index (χ4n) is 2.81. The lowest BCUT2D eigenvalue weighted by Gasteiger charge is -2.19. The molecule has 0 aromatic heterocycles. The van der Waals surface area contributed by atoms with Crippen molar-refractivity contribution in [2.45, 2.75) is 97.4 Å². The summed E-state index contributed by atoms with van der Waals surface area (Å²) in [6, 6.07) is 9.63. The van der Waals surface area contributed by atoms with Crippen molar-refractivity contribution in [1.29, 1.82) is 0 Å². The molecule has 0 heterocycles. The molecule has 0 saturated heterocycles. The maximum absolute atomic E-state index is 13.8. The Labute approximate surface area is 186 Å². The van der Waals surface area contributed by atoms with Crippen molar-refractivity contribution in [3.05, 3.63) is 47.0 Å². The maximum Gasteiger partial charge on any atom is 0.425 e. The third kappa shape index (κ3) is 11.7. The molecule has 0 aliphatic rings. The second-order valence-electron chi connectivity index (χ2n) is 8.10. The first kappa shape index (κ1) is 26.9. The third-order valence-corrected chi connectivity index (χ3v) is 4.69. The zero-order valence-electron chi connectivity index (χ0n) is 19.3. The van der Waals surface area contributed by atoms with Crippen LogP contribution >= 0.6 is 0 Å². The van der Waals surface area contributed by atoms with Gasteiger partial charge >= 0.3 is 6.18 Å². The summed E-state index contributed by atoms with van der Waals surface area (Å²) in [7, 11) is 0. The van der Waals surface area contributed by atoms with Crippen LogP contribution in [0.15, 0.2) is 41.5 Å². The van der Waals surface area contributed by atoms with Gasteiger partial charge in [0.05, 0.1) is 6.61 Å². The van der Waals surface area contributed by atoms with Gasteiger partial charge in [0.1, 0.15) is 11.2 Å². The predicted molar refractivity (Wildman–Crippen MR) is 122 cm³/mol. The van der Waals surface area contributed by atoms with E-state index in [1.54, 1.807) is 13.8 Å². The minimum absolute atomic E-state index is 0.0618. The Hall–Kier alpha value is -2.17. The van der Waals surface area contributed by atoms with E-state index in [-0.39, 0.29) is 12.0 Å². The Balaban J connectivity index is 3.07. The van der Waals surface area contributed by atoms with Crippen LogP contribution in [0.2, 0.25) is 0 Å². The molecular weight excluding hydrogens is 397 g/mol. The van der Waals surface area contributed by atoms with Crippen molar-refractivity contribution in [3.63, 3.8) is 0 Å². The van der Waals surface area contributed by atoms with Crippen LogP contribution in [0, 0.1) is 23.7 Å². The van der Waals surface area contributed by atoms with Gasteiger partial charge in [0, 0.05) is 12.0 Å². The molecule has 1 aromatic rings. The lowest BCUT2D eigenvalue weighted by molar-refractivity contribution is -0.0878. The average Bonchev–Trinajstić information content (AvgIpc) is 2.72. The first-order valence-corrected chi connectivity index (χ1v) is 11.2. The van der Waals surface area contributed by atoms with Gasteiger partial charge in [-0.25, -0.2) is 0 Å². The molecular formula is C27H35F3O. The van der Waals surface area contributed by atoms with Crippen molar-refractivity contribution >= 4 is 0 Å². The summed E-state index contributed by atoms with van der Waals surface area (Å²) in [5.41, 5.74) is -0.629. The van der Waals surface area contributed by atoms with Gasteiger partial charge in [-0.15, -0.1) is 0 Å². The Morgan fingerprint density at radius 2 is 1.58 bits per heavy atom. The minimum Gasteiger partial charge on any atom is -0.358 e. The number of benzene rings is 1. The topological polar surface area (TPSA) is 9.23 Å². The van der Waals surface area contributed by atoms with Crippen LogP contribution in [0.3, 0.4) is 0 Å². The second-order valence-corrected chi connectivity index (χ2v) is 8.10. The first-order valence-electron chi connectivity index (χ1n) is 11.2. The standard InChI is InChI=1S/C27H35F3O/c1-5-7-9-10-11-15-19-25(27(28,29)30)24(18-8-6-2)20-21-26(3,4)31-22-23-16-13-12-14-17-23/h12-14,16-17H,5-11,18,22H2,1-4H3/b25-24+. The summed E-state index contributed by atoms with van der Waals surface area (Å²) in [6.07, 6.45) is 1.62. The number of alkyl halides is 3. The van der Waals surface area contributed by atoms with E-state index in [0.717, 1.165) is 37.7 Å². The number of allylic oxidation sites excluding steroid dienone is 2. The molecule has 0 amide bonds. The fraction of sp³-hybridized carbons (Fsp3) is 0.556. The molecule has 0 atom stereocenters. The molecule has 0 saturated carbocycles. The van der Waals surface area contributed by atoms with Crippen molar-refractivity contribution in [2.75, 3.05) is 0 Å². The summed E-state index contributed by atoms with van der Waals surface area (Å²) < 4.78 is 47.1. The van der Waals surface area contributed by atoms with Crippen LogP contribution in [0.25, 0.3) is 0 Å². The van der Waals surface area contributed by atoms with E-state index >= 15 is 0 Å². The van der Waals surface area contributed by atoms with E-state index in [2.05, 4.69) is 30.6 Å². The second kappa shape index (κ2) is 14.0. The summed E-state index contributed by atoms with van der Waals surface area (Å²) in [5.74, 6) is 10.8. The Morgan fingerprint density at radius 1 is 0.903 bits per heavy atom. The van der Waals surface area contributed by atoms with E-state index < -0.39 is 17.4 Å². The zero-order valence-corrected chi connectivity index (χ0v) is 19.3. The zero-order chi connectivity index (χ0) is 23.2. The summed E-state index contributed by atoms with van der Waals surface area (Å²) in [4.78, 5) is 0. The van der Waals surface area contributed by atoms with Crippen LogP contribution in [0.5, 0.6) is 0 Å². The Morgan fingerprint density at radius 3 is 2.19 bits per heavy atom. The molecule has 0 N–H and O–H groups in total. The Kier molecular flexibility index (Phi) is 12.1. The highest BCUT2D eigenvalue weighted by atomic mass is 19.4. The minimum atomic E-state index is -4.51. The third-order valence-electron chi connectivity index (χ3n) is 4.69. The molecule has 170 valence electrons. The van der Waals surface area contributed by atoms with Gasteiger partial charge in [-0.05, 0) is 38.7 Å². The molecule has 0 unspecified atom stereocenters. The molecule has 1 rings (SSSR count). The van der Waals surface area contributed by atoms with Crippen LogP contribution in [-0.2, 0) is 11.3 Å². The van der Waals surface area contributed by atoms with Gasteiger partial charge in [-0.1, -0.05) is 93.5 Å². The van der Waals surface area contributed by atoms with Crippen LogP contribution < -0.4 is 0 Å². The van der Waals surface area contributed by atoms with Gasteiger partial charge in [-0.2, -0.15) is 13.2 Å². The van der Waals surface area contributed by atoms with Gasteiger partial charge in [0.25, 0.3) is 0 Å². The van der Waals surface area contributed by atoms with Crippen molar-refractivity contribution < 1.29 is 17.9 Å². The largest absolute Gasteiger partial charge is 0.425 e. The monoisotopic (exact) mass is 432 g/mol. The summed E-state index contributed by atoms with van der Waals surface area (Å²) in [5, 5.41) is 0. The predicted octanol–water partition coefficient (Wildman–Crippen LogP) is 8.01. The molecule has 4 heteroatoms. The maximum atomic E-state index is 13.8. The van der Waals surface area contributed by atoms with E-state index in [9.17, 15) is 13.2 Å². The van der Waals surface area contributed by atoms with Gasteiger partial charge in [0.15, 0.2) is 0 Å². The van der Waals surface area contributed by atoms with Crippen molar-refractivity contribution in [1.82, 2.24) is 0 Å². The molecule has 0 radical (unpaired) electrons. The molecule has 0 aliphatic carbocycles. The molecule has 0 spiro atoms. The van der Waals surface area contributed by atoms with E-state index in [1.165, 1.54) is 0 Å². The summed E-state index contributed by atoms with van der Waals surface area (Å²) in [6.45, 7) is 7.94. The lowest BCUT2D eigenvalue weighted by Crippen LogP contribution is -2.22. The number of hydrogen-bond acceptors (Lipinski definition) is 1. The van der Waals surface area contributed by atoms with E-state index in [4.69, 9.17) is 4.74 Å². The number of ether oxygens (including phenoxy) is 1. The van der Waals surface area contributed by atoms with Gasteiger partial charge in [0.2, 0.25) is 0 Å². The number of unbranched alkanes of at least 4 members (excludes halogenated alkanes) is 5. The summed E-state index contributed by atoms with van der Waals surface area (Å²) >= 11 is 0. The molecule has 1 nitrogen and oxygen atoms in total. The van der Waals surface area contributed by atoms with Crippen LogP contribution in [-0.4, -0.2) is 11.8 Å². The Bertz CT molecular complexity index is 796.